The van der Waals surface area contributed by atoms with Crippen molar-refractivity contribution in [2.24, 2.45) is 10.4 Å². The van der Waals surface area contributed by atoms with Gasteiger partial charge in [-0.2, -0.15) is 0 Å². The zero-order valence-corrected chi connectivity index (χ0v) is 15.9. The maximum absolute atomic E-state index is 12.6. The van der Waals surface area contributed by atoms with Crippen molar-refractivity contribution in [3.05, 3.63) is 28.3 Å². The molecule has 0 atom stereocenters. The van der Waals surface area contributed by atoms with E-state index >= 15 is 0 Å². The van der Waals surface area contributed by atoms with Gasteiger partial charge in [-0.1, -0.05) is 19.0 Å². The molecule has 3 rings (SSSR count). The highest BCUT2D eigenvalue weighted by molar-refractivity contribution is 6.24. The number of nitrogens with zero attached hydrogens (tertiary/aromatic N) is 2. The quantitative estimate of drug-likeness (QED) is 0.605. The topological polar surface area (TPSA) is 113 Å². The van der Waals surface area contributed by atoms with Gasteiger partial charge in [-0.25, -0.2) is 0 Å². The molecule has 0 aromatic carbocycles. The second-order valence-electron chi connectivity index (χ2n) is 8.02. The summed E-state index contributed by atoms with van der Waals surface area (Å²) in [4.78, 5) is 29.1. The number of carbonyl (C=O) groups excluding carboxylic acids is 2. The molecule has 2 aliphatic carbocycles. The Bertz CT molecular complexity index is 816. The lowest BCUT2D eigenvalue weighted by atomic mass is 9.73. The highest BCUT2D eigenvalue weighted by Crippen LogP contribution is 2.36. The van der Waals surface area contributed by atoms with Gasteiger partial charge in [-0.05, 0) is 18.3 Å². The summed E-state index contributed by atoms with van der Waals surface area (Å²) in [5, 5.41) is 23.7. The van der Waals surface area contributed by atoms with Crippen molar-refractivity contribution in [3.63, 3.8) is 0 Å². The van der Waals surface area contributed by atoms with E-state index in [-0.39, 0.29) is 47.9 Å². The third-order valence-electron chi connectivity index (χ3n) is 5.06. The van der Waals surface area contributed by atoms with Crippen LogP contribution in [0, 0.1) is 5.41 Å². The Hall–Kier alpha value is -2.28. The molecule has 2 N–H and O–H groups in total. The van der Waals surface area contributed by atoms with Crippen LogP contribution in [-0.4, -0.2) is 45.8 Å². The summed E-state index contributed by atoms with van der Waals surface area (Å²) in [5.41, 5.74) is 1.66. The van der Waals surface area contributed by atoms with Gasteiger partial charge in [-0.3, -0.25) is 14.6 Å². The van der Waals surface area contributed by atoms with E-state index in [1.165, 1.54) is 0 Å². The predicted molar refractivity (Wildman–Crippen MR) is 99.2 cm³/mol. The molecular formula is C20H26N2O5. The molecule has 1 heterocycles. The van der Waals surface area contributed by atoms with E-state index in [0.29, 0.717) is 54.8 Å². The van der Waals surface area contributed by atoms with Crippen molar-refractivity contribution in [3.8, 4) is 0 Å². The van der Waals surface area contributed by atoms with Gasteiger partial charge < -0.3 is 14.7 Å². The van der Waals surface area contributed by atoms with Crippen molar-refractivity contribution < 1.29 is 24.3 Å². The molecule has 0 amide bonds. The van der Waals surface area contributed by atoms with E-state index in [1.54, 1.807) is 0 Å². The first-order valence-electron chi connectivity index (χ1n) is 9.43. The van der Waals surface area contributed by atoms with E-state index in [4.69, 9.17) is 9.63 Å². The third-order valence-corrected chi connectivity index (χ3v) is 5.06. The Morgan fingerprint density at radius 2 is 2.00 bits per heavy atom. The van der Waals surface area contributed by atoms with Crippen LogP contribution >= 0.6 is 0 Å². The van der Waals surface area contributed by atoms with Crippen LogP contribution in [0.25, 0.3) is 0 Å². The van der Waals surface area contributed by atoms with Crippen LogP contribution in [0.5, 0.6) is 0 Å². The number of Topliss-reactive ketones (excluding diaryl/α,β-unsaturated/α-hetero) is 2. The first-order chi connectivity index (χ1) is 12.8. The zero-order chi connectivity index (χ0) is 19.6. The average Bonchev–Trinajstić information content (AvgIpc) is 3.01. The maximum atomic E-state index is 12.6. The number of hydrogen-bond acceptors (Lipinski definition) is 7. The minimum atomic E-state index is -0.229. The van der Waals surface area contributed by atoms with E-state index in [2.05, 4.69) is 10.1 Å². The van der Waals surface area contributed by atoms with Crippen LogP contribution < -0.4 is 0 Å². The van der Waals surface area contributed by atoms with Crippen LogP contribution in [0.3, 0.4) is 0 Å². The molecule has 1 aromatic rings. The van der Waals surface area contributed by atoms with Gasteiger partial charge in [0.2, 0.25) is 0 Å². The second kappa shape index (κ2) is 7.76. The predicted octanol–water partition coefficient (Wildman–Crippen LogP) is 2.76. The summed E-state index contributed by atoms with van der Waals surface area (Å²) in [7, 11) is 0. The number of fused-ring (bicyclic) bond motifs is 1. The molecule has 0 saturated heterocycles. The summed E-state index contributed by atoms with van der Waals surface area (Å²) in [6.45, 7) is 4.06. The Balaban J connectivity index is 1.83. The van der Waals surface area contributed by atoms with Gasteiger partial charge in [0.1, 0.15) is 11.5 Å². The van der Waals surface area contributed by atoms with Gasteiger partial charge in [0.05, 0.1) is 30.0 Å². The first-order valence-corrected chi connectivity index (χ1v) is 9.43. The molecule has 1 aromatic heterocycles. The number of ketones is 2. The van der Waals surface area contributed by atoms with Crippen LogP contribution in [0.1, 0.15) is 67.8 Å². The number of aliphatic hydroxyl groups is 2. The van der Waals surface area contributed by atoms with Crippen LogP contribution in [-0.2, 0) is 17.6 Å². The number of rotatable bonds is 5. The Kier molecular flexibility index (Phi) is 5.60. The van der Waals surface area contributed by atoms with Crippen LogP contribution in [0.2, 0.25) is 0 Å². The number of aryl methyl sites for hydroxylation is 2. The lowest BCUT2D eigenvalue weighted by Crippen LogP contribution is -2.33. The number of hydrogen-bond donors (Lipinski definition) is 2. The molecule has 7 heteroatoms. The number of aliphatic hydroxyl groups excluding tert-OH is 2. The van der Waals surface area contributed by atoms with Crippen molar-refractivity contribution in [1.82, 2.24) is 5.16 Å². The van der Waals surface area contributed by atoms with Crippen molar-refractivity contribution in [1.29, 1.82) is 0 Å². The van der Waals surface area contributed by atoms with Gasteiger partial charge in [0, 0.05) is 37.8 Å². The van der Waals surface area contributed by atoms with Crippen LogP contribution in [0.4, 0.5) is 0 Å². The van der Waals surface area contributed by atoms with Crippen LogP contribution in [0.15, 0.2) is 20.8 Å². The lowest BCUT2D eigenvalue weighted by Gasteiger charge is -2.31. The summed E-state index contributed by atoms with van der Waals surface area (Å²) >= 11 is 0. The molecule has 0 radical (unpaired) electrons. The first kappa shape index (κ1) is 19.5. The molecule has 1 fully saturated rings. The number of aromatic nitrogens is 1. The lowest BCUT2D eigenvalue weighted by molar-refractivity contribution is -0.117. The zero-order valence-electron chi connectivity index (χ0n) is 15.9. The van der Waals surface area contributed by atoms with Gasteiger partial charge in [0.25, 0.3) is 0 Å². The number of aliphatic imine (C=N–C) groups is 1. The van der Waals surface area contributed by atoms with Gasteiger partial charge >= 0.3 is 0 Å². The summed E-state index contributed by atoms with van der Waals surface area (Å²) in [5.74, 6) is 0.473. The van der Waals surface area contributed by atoms with Crippen molar-refractivity contribution >= 4 is 17.3 Å². The maximum Gasteiger partial charge on any atom is 0.168 e. The van der Waals surface area contributed by atoms with E-state index < -0.39 is 0 Å². The van der Waals surface area contributed by atoms with E-state index in [1.807, 2.05) is 13.8 Å². The van der Waals surface area contributed by atoms with E-state index in [9.17, 15) is 14.7 Å². The molecule has 27 heavy (non-hydrogen) atoms. The monoisotopic (exact) mass is 374 g/mol. The molecule has 7 nitrogen and oxygen atoms in total. The molecule has 0 aliphatic heterocycles. The van der Waals surface area contributed by atoms with Gasteiger partial charge in [-0.15, -0.1) is 0 Å². The Morgan fingerprint density at radius 3 is 2.74 bits per heavy atom. The highest BCUT2D eigenvalue weighted by Gasteiger charge is 2.36. The molecule has 0 unspecified atom stereocenters. The fraction of sp³-hybridized carbons (Fsp3) is 0.600. The van der Waals surface area contributed by atoms with E-state index in [0.717, 1.165) is 6.42 Å². The smallest absolute Gasteiger partial charge is 0.168 e. The largest absolute Gasteiger partial charge is 0.511 e. The second-order valence-corrected chi connectivity index (χ2v) is 8.02. The molecule has 0 bridgehead atoms. The molecule has 1 saturated carbocycles. The molecule has 0 spiro atoms. The fourth-order valence-electron chi connectivity index (χ4n) is 3.85. The normalized spacial score (nSPS) is 22.9. The van der Waals surface area contributed by atoms with Crippen molar-refractivity contribution in [2.45, 2.75) is 58.8 Å². The fourth-order valence-corrected chi connectivity index (χ4v) is 3.85. The Morgan fingerprint density at radius 1 is 1.22 bits per heavy atom. The summed E-state index contributed by atoms with van der Waals surface area (Å²) in [6, 6.07) is 0. The highest BCUT2D eigenvalue weighted by atomic mass is 16.5. The molecule has 2 aliphatic rings. The SMILES string of the molecule is CC1(C)CC(=O)/C(=C(/O)CCc2noc3c2C(=O)CCC3)C(=NCCO)C1. The minimum absolute atomic E-state index is 0.0281. The minimum Gasteiger partial charge on any atom is -0.511 e. The van der Waals surface area contributed by atoms with Crippen molar-refractivity contribution in [2.75, 3.05) is 13.2 Å². The Labute approximate surface area is 158 Å². The third kappa shape index (κ3) is 4.18. The average molecular weight is 374 g/mol. The molecule has 146 valence electrons. The van der Waals surface area contributed by atoms with Gasteiger partial charge in [0.15, 0.2) is 11.6 Å². The standard InChI is InChI=1S/C20H26N2O5/c1-20(2)10-13(21-8-9-23)18(16(26)11-20)15(25)7-6-12-19-14(24)4-3-5-17(19)27-22-12/h23,25H,3-11H2,1-2H3/b18-15+,21-13?. The number of allylic oxidation sites excluding steroid dienone is 2. The number of carbonyl (C=O) groups is 2. The summed E-state index contributed by atoms with van der Waals surface area (Å²) in [6.07, 6.45) is 3.37. The molecular weight excluding hydrogens is 348 g/mol. The summed E-state index contributed by atoms with van der Waals surface area (Å²) < 4.78 is 5.27.